The highest BCUT2D eigenvalue weighted by Gasteiger charge is 2.33. The molecule has 34 heavy (non-hydrogen) atoms. The topological polar surface area (TPSA) is 98.6 Å². The Morgan fingerprint density at radius 3 is 2.82 bits per heavy atom. The SMILES string of the molecule is COCCC(=O)N1CCN(c2nc(C3CC3)c(-c3ccc4c(c3)CC(=O)N4)cc2C#N)CC1C. The standard InChI is InChI=1S/C26H29N5O3/c1-16-15-30(8-9-31(16)24(33)7-10-34-2)26-20(14-27)12-21(25(29-26)17-3-4-17)18-5-6-22-19(11-18)13-23(32)28-22/h5-6,11-12,16-17H,3-4,7-10,13,15H2,1-2H3,(H,28,32). The van der Waals surface area contributed by atoms with Gasteiger partial charge in [0.05, 0.1) is 30.7 Å². The third-order valence-electron chi connectivity index (χ3n) is 6.93. The second-order valence-electron chi connectivity index (χ2n) is 9.40. The van der Waals surface area contributed by atoms with Crippen LogP contribution >= 0.6 is 0 Å². The molecule has 0 radical (unpaired) electrons. The van der Waals surface area contributed by atoms with Crippen LogP contribution in [0.1, 0.15) is 48.9 Å². The van der Waals surface area contributed by atoms with Crippen LogP contribution < -0.4 is 10.2 Å². The molecule has 1 aliphatic carbocycles. The Balaban J connectivity index is 1.45. The van der Waals surface area contributed by atoms with E-state index in [1.807, 2.05) is 36.1 Å². The second-order valence-corrected chi connectivity index (χ2v) is 9.40. The Morgan fingerprint density at radius 2 is 2.12 bits per heavy atom. The van der Waals surface area contributed by atoms with Crippen LogP contribution in [-0.4, -0.2) is 61.1 Å². The summed E-state index contributed by atoms with van der Waals surface area (Å²) in [6, 6.07) is 10.3. The van der Waals surface area contributed by atoms with E-state index in [1.165, 1.54) is 0 Å². The fourth-order valence-corrected chi connectivity index (χ4v) is 4.99. The van der Waals surface area contributed by atoms with E-state index in [2.05, 4.69) is 16.3 Å². The van der Waals surface area contributed by atoms with Gasteiger partial charge in [0, 0.05) is 50.0 Å². The number of anilines is 2. The average Bonchev–Trinajstić information content (AvgIpc) is 3.61. The Kier molecular flexibility index (Phi) is 5.96. The fourth-order valence-electron chi connectivity index (χ4n) is 4.99. The minimum Gasteiger partial charge on any atom is -0.384 e. The fraction of sp³-hybridized carbons (Fsp3) is 0.462. The average molecular weight is 460 g/mol. The van der Waals surface area contributed by atoms with Crippen LogP contribution in [0.5, 0.6) is 0 Å². The van der Waals surface area contributed by atoms with E-state index in [1.54, 1.807) is 7.11 Å². The summed E-state index contributed by atoms with van der Waals surface area (Å²) < 4.78 is 5.05. The molecule has 1 saturated carbocycles. The minimum absolute atomic E-state index is 0.00900. The van der Waals surface area contributed by atoms with Gasteiger partial charge in [-0.3, -0.25) is 9.59 Å². The Hall–Kier alpha value is -3.44. The van der Waals surface area contributed by atoms with Gasteiger partial charge in [-0.05, 0) is 49.1 Å². The lowest BCUT2D eigenvalue weighted by Gasteiger charge is -2.41. The first-order chi connectivity index (χ1) is 16.5. The van der Waals surface area contributed by atoms with Gasteiger partial charge in [-0.2, -0.15) is 5.26 Å². The van der Waals surface area contributed by atoms with Crippen LogP contribution in [0.25, 0.3) is 11.1 Å². The lowest BCUT2D eigenvalue weighted by Crippen LogP contribution is -2.54. The first kappa shape index (κ1) is 22.4. The van der Waals surface area contributed by atoms with Gasteiger partial charge in [0.25, 0.3) is 0 Å². The van der Waals surface area contributed by atoms with Crippen LogP contribution in [0.3, 0.4) is 0 Å². The molecule has 2 aliphatic heterocycles. The van der Waals surface area contributed by atoms with Crippen molar-refractivity contribution in [3.8, 4) is 17.2 Å². The minimum atomic E-state index is 0.00900. The molecule has 5 rings (SSSR count). The zero-order chi connectivity index (χ0) is 23.8. The largest absolute Gasteiger partial charge is 0.384 e. The van der Waals surface area contributed by atoms with E-state index in [4.69, 9.17) is 9.72 Å². The Labute approximate surface area is 199 Å². The van der Waals surface area contributed by atoms with Gasteiger partial charge >= 0.3 is 0 Å². The summed E-state index contributed by atoms with van der Waals surface area (Å²) in [5, 5.41) is 12.9. The molecule has 8 heteroatoms. The van der Waals surface area contributed by atoms with Gasteiger partial charge in [-0.25, -0.2) is 4.98 Å². The predicted molar refractivity (Wildman–Crippen MR) is 129 cm³/mol. The maximum Gasteiger partial charge on any atom is 0.228 e. The molecule has 1 atom stereocenters. The molecule has 3 heterocycles. The van der Waals surface area contributed by atoms with Crippen LogP contribution in [0.15, 0.2) is 24.3 Å². The zero-order valence-corrected chi connectivity index (χ0v) is 19.6. The van der Waals surface area contributed by atoms with E-state index < -0.39 is 0 Å². The molecule has 1 unspecified atom stereocenters. The normalized spacial score (nSPS) is 19.6. The number of carbonyl (C=O) groups excluding carboxylic acids is 2. The molecule has 2 aromatic rings. The number of nitrogens with zero attached hydrogens (tertiary/aromatic N) is 4. The van der Waals surface area contributed by atoms with Gasteiger partial charge in [-0.15, -0.1) is 0 Å². The monoisotopic (exact) mass is 459 g/mol. The van der Waals surface area contributed by atoms with Crippen molar-refractivity contribution in [1.82, 2.24) is 9.88 Å². The number of hydrogen-bond acceptors (Lipinski definition) is 6. The molecular formula is C26H29N5O3. The van der Waals surface area contributed by atoms with Crippen molar-refractivity contribution < 1.29 is 14.3 Å². The Bertz CT molecular complexity index is 1180. The highest BCUT2D eigenvalue weighted by molar-refractivity contribution is 5.99. The number of nitrogens with one attached hydrogen (secondary N) is 1. The summed E-state index contributed by atoms with van der Waals surface area (Å²) in [6.07, 6.45) is 2.94. The highest BCUT2D eigenvalue weighted by Crippen LogP contribution is 2.45. The molecule has 1 saturated heterocycles. The highest BCUT2D eigenvalue weighted by atomic mass is 16.5. The first-order valence-electron chi connectivity index (χ1n) is 11.9. The van der Waals surface area contributed by atoms with Crippen molar-refractivity contribution in [2.75, 3.05) is 43.6 Å². The number of ether oxygens (including phenoxy) is 1. The molecule has 3 aliphatic rings. The van der Waals surface area contributed by atoms with E-state index >= 15 is 0 Å². The van der Waals surface area contributed by atoms with E-state index in [-0.39, 0.29) is 17.9 Å². The number of aromatic nitrogens is 1. The first-order valence-corrected chi connectivity index (χ1v) is 11.9. The van der Waals surface area contributed by atoms with E-state index in [0.717, 1.165) is 40.9 Å². The van der Waals surface area contributed by atoms with Gasteiger partial charge in [0.15, 0.2) is 0 Å². The van der Waals surface area contributed by atoms with E-state index in [0.29, 0.717) is 56.4 Å². The lowest BCUT2D eigenvalue weighted by molar-refractivity contribution is -0.134. The van der Waals surface area contributed by atoms with Gasteiger partial charge in [0.1, 0.15) is 11.9 Å². The number of pyridine rings is 1. The molecule has 1 N–H and O–H groups in total. The summed E-state index contributed by atoms with van der Waals surface area (Å²) in [4.78, 5) is 33.4. The van der Waals surface area contributed by atoms with Crippen molar-refractivity contribution in [2.45, 2.75) is 44.6 Å². The van der Waals surface area contributed by atoms with Crippen LogP contribution in [-0.2, 0) is 20.7 Å². The molecule has 2 fully saturated rings. The molecule has 8 nitrogen and oxygen atoms in total. The zero-order valence-electron chi connectivity index (χ0n) is 19.6. The molecular weight excluding hydrogens is 430 g/mol. The molecule has 2 amide bonds. The molecule has 1 aromatic heterocycles. The van der Waals surface area contributed by atoms with E-state index in [9.17, 15) is 14.9 Å². The summed E-state index contributed by atoms with van der Waals surface area (Å²) in [5.41, 5.74) is 5.38. The van der Waals surface area contributed by atoms with Crippen LogP contribution in [0.4, 0.5) is 11.5 Å². The number of carbonyl (C=O) groups is 2. The van der Waals surface area contributed by atoms with Gasteiger partial charge in [-0.1, -0.05) is 6.07 Å². The number of rotatable bonds is 6. The molecule has 1 aromatic carbocycles. The number of methoxy groups -OCH3 is 1. The quantitative estimate of drug-likeness (QED) is 0.713. The smallest absolute Gasteiger partial charge is 0.228 e. The van der Waals surface area contributed by atoms with Crippen LogP contribution in [0, 0.1) is 11.3 Å². The summed E-state index contributed by atoms with van der Waals surface area (Å²) in [6.45, 7) is 4.34. The number of benzene rings is 1. The van der Waals surface area contributed by atoms with Crippen molar-refractivity contribution in [1.29, 1.82) is 5.26 Å². The van der Waals surface area contributed by atoms with Crippen molar-refractivity contribution in [3.05, 3.63) is 41.1 Å². The van der Waals surface area contributed by atoms with Crippen molar-refractivity contribution in [3.63, 3.8) is 0 Å². The van der Waals surface area contributed by atoms with Gasteiger partial charge in [0.2, 0.25) is 11.8 Å². The number of fused-ring (bicyclic) bond motifs is 1. The maximum absolute atomic E-state index is 12.5. The molecule has 0 spiro atoms. The summed E-state index contributed by atoms with van der Waals surface area (Å²) in [7, 11) is 1.60. The number of piperazine rings is 1. The van der Waals surface area contributed by atoms with Crippen LogP contribution in [0.2, 0.25) is 0 Å². The second kappa shape index (κ2) is 9.07. The Morgan fingerprint density at radius 1 is 1.29 bits per heavy atom. The number of amides is 2. The summed E-state index contributed by atoms with van der Waals surface area (Å²) >= 11 is 0. The predicted octanol–water partition coefficient (Wildman–Crippen LogP) is 3.07. The maximum atomic E-state index is 12.5. The number of hydrogen-bond donors (Lipinski definition) is 1. The molecule has 0 bridgehead atoms. The summed E-state index contributed by atoms with van der Waals surface area (Å²) in [5.74, 6) is 1.21. The third kappa shape index (κ3) is 4.24. The third-order valence-corrected chi connectivity index (χ3v) is 6.93. The van der Waals surface area contributed by atoms with Crippen molar-refractivity contribution >= 4 is 23.3 Å². The molecule has 176 valence electrons. The van der Waals surface area contributed by atoms with Gasteiger partial charge < -0.3 is 19.9 Å². The van der Waals surface area contributed by atoms with Crippen molar-refractivity contribution in [2.24, 2.45) is 0 Å². The number of nitriles is 1. The lowest BCUT2D eigenvalue weighted by atomic mass is 9.96.